The van der Waals surface area contributed by atoms with Gasteiger partial charge in [0.2, 0.25) is 5.91 Å². The van der Waals surface area contributed by atoms with Crippen LogP contribution in [0.5, 0.6) is 0 Å². The van der Waals surface area contributed by atoms with Gasteiger partial charge in [-0.15, -0.1) is 0 Å². The second-order valence-electron chi connectivity index (χ2n) is 5.77. The number of carbonyl (C=O) groups is 2. The average Bonchev–Trinajstić information content (AvgIpc) is 3.00. The predicted octanol–water partition coefficient (Wildman–Crippen LogP) is 1.56. The van der Waals surface area contributed by atoms with E-state index in [0.29, 0.717) is 24.4 Å². The third kappa shape index (κ3) is 3.34. The Bertz CT molecular complexity index is 781. The zero-order valence-electron chi connectivity index (χ0n) is 13.7. The first-order valence-corrected chi connectivity index (χ1v) is 7.73. The van der Waals surface area contributed by atoms with Crippen molar-refractivity contribution in [1.29, 1.82) is 0 Å². The Labute approximate surface area is 140 Å². The molecule has 2 amide bonds. The Kier molecular flexibility index (Phi) is 4.41. The van der Waals surface area contributed by atoms with Crippen molar-refractivity contribution in [3.05, 3.63) is 48.3 Å². The molecule has 24 heavy (non-hydrogen) atoms. The summed E-state index contributed by atoms with van der Waals surface area (Å²) in [6, 6.07) is 9.14. The number of carbonyl (C=O) groups excluding carboxylic acids is 2. The smallest absolute Gasteiger partial charge is 0.270 e. The van der Waals surface area contributed by atoms with Gasteiger partial charge < -0.3 is 4.90 Å². The summed E-state index contributed by atoms with van der Waals surface area (Å²) in [6.07, 6.45) is 4.23. The van der Waals surface area contributed by atoms with E-state index in [1.54, 1.807) is 35.0 Å². The van der Waals surface area contributed by atoms with Crippen LogP contribution in [0.2, 0.25) is 0 Å². The van der Waals surface area contributed by atoms with E-state index in [2.05, 4.69) is 10.2 Å². The van der Waals surface area contributed by atoms with E-state index in [0.717, 1.165) is 5.56 Å². The van der Waals surface area contributed by atoms with E-state index in [1.807, 2.05) is 31.4 Å². The molecule has 1 aromatic heterocycles. The number of hydrazone groups is 1. The SMILES string of the molecule is CN(Cc1cnn(C)c1)C(=O)C1=NN(c2ccccc2)C(=O)CC1. The van der Waals surface area contributed by atoms with Crippen LogP contribution in [0.1, 0.15) is 18.4 Å². The Morgan fingerprint density at radius 2 is 2.00 bits per heavy atom. The Hall–Kier alpha value is -2.96. The van der Waals surface area contributed by atoms with E-state index in [1.165, 1.54) is 5.01 Å². The van der Waals surface area contributed by atoms with Crippen LogP contribution >= 0.6 is 0 Å². The van der Waals surface area contributed by atoms with E-state index in [9.17, 15) is 9.59 Å². The van der Waals surface area contributed by atoms with E-state index < -0.39 is 0 Å². The fourth-order valence-electron chi connectivity index (χ4n) is 2.60. The second-order valence-corrected chi connectivity index (χ2v) is 5.77. The molecule has 0 atom stereocenters. The van der Waals surface area contributed by atoms with Crippen LogP contribution in [0.15, 0.2) is 47.8 Å². The van der Waals surface area contributed by atoms with Gasteiger partial charge in [0.1, 0.15) is 5.71 Å². The summed E-state index contributed by atoms with van der Waals surface area (Å²) < 4.78 is 1.70. The zero-order valence-corrected chi connectivity index (χ0v) is 13.7. The van der Waals surface area contributed by atoms with Crippen molar-refractivity contribution < 1.29 is 9.59 Å². The molecule has 1 aliphatic rings. The van der Waals surface area contributed by atoms with Gasteiger partial charge in [-0.3, -0.25) is 14.3 Å². The third-order valence-electron chi connectivity index (χ3n) is 3.81. The fourth-order valence-corrected chi connectivity index (χ4v) is 2.60. The highest BCUT2D eigenvalue weighted by Gasteiger charge is 2.27. The largest absolute Gasteiger partial charge is 0.336 e. The number of hydrogen-bond donors (Lipinski definition) is 0. The van der Waals surface area contributed by atoms with Gasteiger partial charge in [-0.2, -0.15) is 10.2 Å². The monoisotopic (exact) mass is 325 g/mol. The van der Waals surface area contributed by atoms with Gasteiger partial charge in [0.05, 0.1) is 11.9 Å². The maximum absolute atomic E-state index is 12.6. The van der Waals surface area contributed by atoms with Crippen LogP contribution in [-0.2, 0) is 23.2 Å². The predicted molar refractivity (Wildman–Crippen MR) is 90.3 cm³/mol. The molecule has 0 spiro atoms. The highest BCUT2D eigenvalue weighted by atomic mass is 16.2. The lowest BCUT2D eigenvalue weighted by Crippen LogP contribution is -2.39. The zero-order chi connectivity index (χ0) is 17.1. The van der Waals surface area contributed by atoms with Gasteiger partial charge in [-0.1, -0.05) is 18.2 Å². The Morgan fingerprint density at radius 3 is 2.67 bits per heavy atom. The van der Waals surface area contributed by atoms with Crippen LogP contribution in [-0.4, -0.2) is 39.3 Å². The number of benzene rings is 1. The van der Waals surface area contributed by atoms with Gasteiger partial charge in [-0.25, -0.2) is 5.01 Å². The summed E-state index contributed by atoms with van der Waals surface area (Å²) in [7, 11) is 3.56. The Balaban J connectivity index is 1.77. The highest BCUT2D eigenvalue weighted by Crippen LogP contribution is 2.20. The summed E-state index contributed by atoms with van der Waals surface area (Å²) in [5, 5.41) is 9.70. The molecule has 124 valence electrons. The van der Waals surface area contributed by atoms with Crippen LogP contribution in [0.4, 0.5) is 5.69 Å². The molecule has 0 fully saturated rings. The van der Waals surface area contributed by atoms with Gasteiger partial charge in [0, 0.05) is 45.2 Å². The van der Waals surface area contributed by atoms with Gasteiger partial charge in [0.15, 0.2) is 0 Å². The van der Waals surface area contributed by atoms with Gasteiger partial charge in [-0.05, 0) is 12.1 Å². The van der Waals surface area contributed by atoms with E-state index >= 15 is 0 Å². The third-order valence-corrected chi connectivity index (χ3v) is 3.81. The molecule has 1 aromatic carbocycles. The molecule has 0 unspecified atom stereocenters. The number of rotatable bonds is 4. The molecule has 7 nitrogen and oxygen atoms in total. The van der Waals surface area contributed by atoms with Gasteiger partial charge >= 0.3 is 0 Å². The van der Waals surface area contributed by atoms with Gasteiger partial charge in [0.25, 0.3) is 5.91 Å². The molecule has 0 radical (unpaired) electrons. The van der Waals surface area contributed by atoms with E-state index in [-0.39, 0.29) is 18.2 Å². The maximum atomic E-state index is 12.6. The summed E-state index contributed by atoms with van der Waals surface area (Å²) in [5.41, 5.74) is 2.01. The lowest BCUT2D eigenvalue weighted by molar-refractivity contribution is -0.123. The van der Waals surface area contributed by atoms with Crippen molar-refractivity contribution in [2.45, 2.75) is 19.4 Å². The van der Waals surface area contributed by atoms with E-state index in [4.69, 9.17) is 0 Å². The molecule has 0 N–H and O–H groups in total. The molecule has 0 saturated carbocycles. The summed E-state index contributed by atoms with van der Waals surface area (Å²) in [5.74, 6) is -0.278. The molecular weight excluding hydrogens is 306 g/mol. The van der Waals surface area contributed by atoms with Crippen molar-refractivity contribution in [2.75, 3.05) is 12.1 Å². The molecule has 2 heterocycles. The van der Waals surface area contributed by atoms with Crippen molar-refractivity contribution >= 4 is 23.2 Å². The number of hydrogen-bond acceptors (Lipinski definition) is 4. The maximum Gasteiger partial charge on any atom is 0.270 e. The normalized spacial score (nSPS) is 14.5. The number of aryl methyl sites for hydroxylation is 1. The highest BCUT2D eigenvalue weighted by molar-refractivity contribution is 6.40. The van der Waals surface area contributed by atoms with Crippen molar-refractivity contribution in [1.82, 2.24) is 14.7 Å². The summed E-state index contributed by atoms with van der Waals surface area (Å²) in [4.78, 5) is 26.3. The minimum absolute atomic E-state index is 0.104. The van der Waals surface area contributed by atoms with Crippen molar-refractivity contribution in [3.8, 4) is 0 Å². The molecular formula is C17H19N5O2. The summed E-state index contributed by atoms with van der Waals surface area (Å²) >= 11 is 0. The minimum Gasteiger partial charge on any atom is -0.336 e. The first-order chi connectivity index (χ1) is 11.5. The number of amides is 2. The van der Waals surface area contributed by atoms with Crippen LogP contribution < -0.4 is 5.01 Å². The quantitative estimate of drug-likeness (QED) is 0.856. The number of aromatic nitrogens is 2. The van der Waals surface area contributed by atoms with Crippen LogP contribution in [0, 0.1) is 0 Å². The van der Waals surface area contributed by atoms with Crippen LogP contribution in [0.25, 0.3) is 0 Å². The molecule has 0 bridgehead atoms. The second kappa shape index (κ2) is 6.66. The van der Waals surface area contributed by atoms with Crippen molar-refractivity contribution in [3.63, 3.8) is 0 Å². The topological polar surface area (TPSA) is 70.8 Å². The molecule has 7 heteroatoms. The van der Waals surface area contributed by atoms with Crippen LogP contribution in [0.3, 0.4) is 0 Å². The standard InChI is InChI=1S/C17H19N5O2/c1-20(11-13-10-18-21(2)12-13)17(24)15-8-9-16(23)22(19-15)14-6-4-3-5-7-14/h3-7,10,12H,8-9,11H2,1-2H3. The number of para-hydroxylation sites is 1. The first-order valence-electron chi connectivity index (χ1n) is 7.73. The summed E-state index contributed by atoms with van der Waals surface area (Å²) in [6.45, 7) is 0.449. The average molecular weight is 325 g/mol. The lowest BCUT2D eigenvalue weighted by atomic mass is 10.1. The molecule has 2 aromatic rings. The number of nitrogens with zero attached hydrogens (tertiary/aromatic N) is 5. The molecule has 1 aliphatic heterocycles. The minimum atomic E-state index is -0.174. The lowest BCUT2D eigenvalue weighted by Gasteiger charge is -2.25. The van der Waals surface area contributed by atoms with Crippen molar-refractivity contribution in [2.24, 2.45) is 12.1 Å². The number of anilines is 1. The molecule has 0 saturated heterocycles. The molecule has 3 rings (SSSR count). The fraction of sp³-hybridized carbons (Fsp3) is 0.294. The molecule has 0 aliphatic carbocycles. The Morgan fingerprint density at radius 1 is 1.25 bits per heavy atom. The first kappa shape index (κ1) is 15.9.